The maximum atomic E-state index is 11.8. The van der Waals surface area contributed by atoms with Crippen LogP contribution < -0.4 is 15.7 Å². The molecule has 1 rings (SSSR count). The van der Waals surface area contributed by atoms with Crippen LogP contribution in [0.5, 0.6) is 0 Å². The number of carbonyl (C=O) groups is 2. The van der Waals surface area contributed by atoms with Gasteiger partial charge in [-0.1, -0.05) is 23.2 Å². The smallest absolute Gasteiger partial charge is 0.230 e. The van der Waals surface area contributed by atoms with Crippen molar-refractivity contribution < 1.29 is 25.1 Å². The summed E-state index contributed by atoms with van der Waals surface area (Å²) >= 11 is 11.7. The van der Waals surface area contributed by atoms with Crippen molar-refractivity contribution >= 4 is 40.8 Å². The number of aliphatic carboxylic acids is 1. The number of amides is 1. The van der Waals surface area contributed by atoms with E-state index < -0.39 is 24.0 Å². The van der Waals surface area contributed by atoms with Crippen LogP contribution in [0.1, 0.15) is 13.3 Å². The van der Waals surface area contributed by atoms with E-state index in [0.29, 0.717) is 15.7 Å². The summed E-state index contributed by atoms with van der Waals surface area (Å²) in [6.45, 7) is 1.68. The van der Waals surface area contributed by atoms with Crippen LogP contribution in [0.15, 0.2) is 18.2 Å². The third kappa shape index (κ3) is 6.31. The Morgan fingerprint density at radius 3 is 2.67 bits per heavy atom. The SMILES string of the molecule is C[C@H](O)C[NH2+][C@@H](CC(=O)Nc1cc(Cl)ccc1Cl)C(=O)[O-]. The number of rotatable bonds is 7. The lowest BCUT2D eigenvalue weighted by Crippen LogP contribution is -2.94. The molecule has 6 nitrogen and oxygen atoms in total. The molecule has 0 saturated carbocycles. The number of carboxylic acid groups (broad SMARTS) is 1. The number of hydrogen-bond donors (Lipinski definition) is 3. The second-order valence-corrected chi connectivity index (χ2v) is 5.47. The molecule has 116 valence electrons. The normalized spacial score (nSPS) is 13.5. The topological polar surface area (TPSA) is 106 Å². The molecule has 0 spiro atoms. The Balaban J connectivity index is 2.65. The number of nitrogens with one attached hydrogen (secondary N) is 1. The average Bonchev–Trinajstić information content (AvgIpc) is 2.38. The summed E-state index contributed by atoms with van der Waals surface area (Å²) in [6, 6.07) is 3.47. The predicted molar refractivity (Wildman–Crippen MR) is 77.0 cm³/mol. The van der Waals surface area contributed by atoms with Gasteiger partial charge in [-0.15, -0.1) is 0 Å². The van der Waals surface area contributed by atoms with Gasteiger partial charge < -0.3 is 25.6 Å². The first kappa shape index (κ1) is 17.7. The summed E-state index contributed by atoms with van der Waals surface area (Å²) in [5.41, 5.74) is 0.307. The Bertz CT molecular complexity index is 523. The number of aliphatic hydroxyl groups is 1. The number of aliphatic hydroxyl groups excluding tert-OH is 1. The molecule has 1 aromatic carbocycles. The van der Waals surface area contributed by atoms with Crippen molar-refractivity contribution in [1.82, 2.24) is 0 Å². The Kier molecular flexibility index (Phi) is 6.91. The number of anilines is 1. The quantitative estimate of drug-likeness (QED) is 0.618. The number of carboxylic acids is 1. The molecule has 0 fully saturated rings. The van der Waals surface area contributed by atoms with Gasteiger partial charge in [0.2, 0.25) is 5.91 Å². The van der Waals surface area contributed by atoms with Crippen LogP contribution in [0.25, 0.3) is 0 Å². The van der Waals surface area contributed by atoms with Gasteiger partial charge in [-0.25, -0.2) is 0 Å². The Morgan fingerprint density at radius 1 is 1.43 bits per heavy atom. The van der Waals surface area contributed by atoms with E-state index >= 15 is 0 Å². The van der Waals surface area contributed by atoms with Gasteiger partial charge in [-0.2, -0.15) is 0 Å². The van der Waals surface area contributed by atoms with E-state index in [9.17, 15) is 14.7 Å². The Morgan fingerprint density at radius 2 is 2.10 bits per heavy atom. The minimum atomic E-state index is -1.37. The van der Waals surface area contributed by atoms with Gasteiger partial charge in [-0.3, -0.25) is 4.79 Å². The second-order valence-electron chi connectivity index (χ2n) is 4.62. The molecule has 0 aliphatic carbocycles. The molecular weight excluding hydrogens is 319 g/mol. The van der Waals surface area contributed by atoms with Crippen LogP contribution in [-0.2, 0) is 9.59 Å². The lowest BCUT2D eigenvalue weighted by molar-refractivity contribution is -0.687. The van der Waals surface area contributed by atoms with Gasteiger partial charge in [0, 0.05) is 5.02 Å². The van der Waals surface area contributed by atoms with E-state index in [1.54, 1.807) is 6.07 Å². The third-order valence-corrected chi connectivity index (χ3v) is 3.24. The first-order chi connectivity index (χ1) is 9.79. The fraction of sp³-hybridized carbons (Fsp3) is 0.385. The highest BCUT2D eigenvalue weighted by molar-refractivity contribution is 6.35. The van der Waals surface area contributed by atoms with E-state index in [1.165, 1.54) is 24.4 Å². The average molecular weight is 335 g/mol. The molecule has 0 aliphatic rings. The van der Waals surface area contributed by atoms with Crippen LogP contribution in [0, 0.1) is 0 Å². The Hall–Kier alpha value is -1.34. The molecule has 0 radical (unpaired) electrons. The molecule has 0 aliphatic heterocycles. The lowest BCUT2D eigenvalue weighted by atomic mass is 10.2. The van der Waals surface area contributed by atoms with Gasteiger partial charge in [0.1, 0.15) is 12.6 Å². The number of benzene rings is 1. The van der Waals surface area contributed by atoms with Crippen molar-refractivity contribution in [3.63, 3.8) is 0 Å². The second kappa shape index (κ2) is 8.19. The summed E-state index contributed by atoms with van der Waals surface area (Å²) < 4.78 is 0. The summed E-state index contributed by atoms with van der Waals surface area (Å²) in [5.74, 6) is -1.90. The molecule has 0 heterocycles. The van der Waals surface area contributed by atoms with Crippen LogP contribution in [0.2, 0.25) is 10.0 Å². The van der Waals surface area contributed by atoms with Crippen molar-refractivity contribution in [2.45, 2.75) is 25.5 Å². The molecule has 8 heteroatoms. The first-order valence-electron chi connectivity index (χ1n) is 6.26. The maximum absolute atomic E-state index is 11.8. The fourth-order valence-corrected chi connectivity index (χ4v) is 1.96. The highest BCUT2D eigenvalue weighted by atomic mass is 35.5. The van der Waals surface area contributed by atoms with Crippen LogP contribution in [0.4, 0.5) is 5.69 Å². The molecule has 0 aromatic heterocycles. The summed E-state index contributed by atoms with van der Waals surface area (Å²) in [7, 11) is 0. The highest BCUT2D eigenvalue weighted by Gasteiger charge is 2.19. The zero-order chi connectivity index (χ0) is 16.0. The third-order valence-electron chi connectivity index (χ3n) is 2.67. The highest BCUT2D eigenvalue weighted by Crippen LogP contribution is 2.25. The van der Waals surface area contributed by atoms with Gasteiger partial charge in [-0.05, 0) is 25.1 Å². The molecule has 2 atom stereocenters. The minimum Gasteiger partial charge on any atom is -0.544 e. The largest absolute Gasteiger partial charge is 0.544 e. The maximum Gasteiger partial charge on any atom is 0.230 e. The van der Waals surface area contributed by atoms with Crippen molar-refractivity contribution in [1.29, 1.82) is 0 Å². The van der Waals surface area contributed by atoms with Gasteiger partial charge in [0.25, 0.3) is 0 Å². The number of halogens is 2. The van der Waals surface area contributed by atoms with Gasteiger partial charge >= 0.3 is 0 Å². The monoisotopic (exact) mass is 334 g/mol. The Labute approximate surface area is 132 Å². The molecule has 1 amide bonds. The first-order valence-corrected chi connectivity index (χ1v) is 7.02. The standard InChI is InChI=1S/C13H16Cl2N2O4/c1-7(18)6-16-11(13(20)21)5-12(19)17-10-4-8(14)2-3-9(10)15/h2-4,7,11,16,18H,5-6H2,1H3,(H,17,19)(H,20,21)/t7-,11-/m0/s1. The fourth-order valence-electron chi connectivity index (χ4n) is 1.62. The van der Waals surface area contributed by atoms with Crippen LogP contribution >= 0.6 is 23.2 Å². The van der Waals surface area contributed by atoms with E-state index in [4.69, 9.17) is 28.3 Å². The van der Waals surface area contributed by atoms with E-state index in [0.717, 1.165) is 0 Å². The minimum absolute atomic E-state index is 0.157. The molecule has 0 unspecified atom stereocenters. The zero-order valence-corrected chi connectivity index (χ0v) is 12.8. The van der Waals surface area contributed by atoms with E-state index in [2.05, 4.69) is 5.32 Å². The molecule has 1 aromatic rings. The van der Waals surface area contributed by atoms with E-state index in [1.807, 2.05) is 0 Å². The zero-order valence-electron chi connectivity index (χ0n) is 11.3. The summed E-state index contributed by atoms with van der Waals surface area (Å²) in [4.78, 5) is 22.8. The summed E-state index contributed by atoms with van der Waals surface area (Å²) in [6.07, 6.45) is -0.991. The molecule has 4 N–H and O–H groups in total. The number of hydrogen-bond acceptors (Lipinski definition) is 4. The lowest BCUT2D eigenvalue weighted by Gasteiger charge is -2.17. The van der Waals surface area contributed by atoms with Crippen molar-refractivity contribution in [2.24, 2.45) is 0 Å². The van der Waals surface area contributed by atoms with E-state index in [-0.39, 0.29) is 13.0 Å². The van der Waals surface area contributed by atoms with Crippen LogP contribution in [-0.4, -0.2) is 35.7 Å². The molecule has 21 heavy (non-hydrogen) atoms. The number of carbonyl (C=O) groups excluding carboxylic acids is 2. The van der Waals surface area contributed by atoms with Crippen molar-refractivity contribution in [2.75, 3.05) is 11.9 Å². The van der Waals surface area contributed by atoms with Crippen LogP contribution in [0.3, 0.4) is 0 Å². The summed E-state index contributed by atoms with van der Waals surface area (Å²) in [5, 5.41) is 24.6. The van der Waals surface area contributed by atoms with Crippen molar-refractivity contribution in [3.8, 4) is 0 Å². The predicted octanol–water partition coefficient (Wildman–Crippen LogP) is -0.615. The molecule has 0 bridgehead atoms. The van der Waals surface area contributed by atoms with Gasteiger partial charge in [0.05, 0.1) is 29.2 Å². The van der Waals surface area contributed by atoms with Crippen molar-refractivity contribution in [3.05, 3.63) is 28.2 Å². The molecular formula is C13H16Cl2N2O4. The number of quaternary nitrogens is 1. The molecule has 0 saturated heterocycles. The van der Waals surface area contributed by atoms with Gasteiger partial charge in [0.15, 0.2) is 0 Å². The number of nitrogens with two attached hydrogens (primary N) is 1.